The van der Waals surface area contributed by atoms with E-state index in [-0.39, 0.29) is 5.52 Å². The fourth-order valence-electron chi connectivity index (χ4n) is 1.07. The van der Waals surface area contributed by atoms with Gasteiger partial charge < -0.3 is 0 Å². The molecule has 0 spiro atoms. The third kappa shape index (κ3) is 1.56. The summed E-state index contributed by atoms with van der Waals surface area (Å²) in [7, 11) is 0. The molecule has 14 heavy (non-hydrogen) atoms. The van der Waals surface area contributed by atoms with Gasteiger partial charge in [-0.15, -0.1) is 0 Å². The summed E-state index contributed by atoms with van der Waals surface area (Å²) in [5.41, 5.74) is -0.0221. The molecule has 0 aliphatic carbocycles. The van der Waals surface area contributed by atoms with E-state index < -0.39 is 11.7 Å². The molecule has 1 aromatic carbocycles. The SMILES string of the molecule is FC(F)(F)c1cc(I)c2n[nH]nc2c1. The smallest absolute Gasteiger partial charge is 0.197 e. The molecule has 0 saturated heterocycles. The summed E-state index contributed by atoms with van der Waals surface area (Å²) in [6.45, 7) is 0. The Kier molecular flexibility index (Phi) is 2.13. The van der Waals surface area contributed by atoms with Gasteiger partial charge in [-0.3, -0.25) is 0 Å². The number of H-pyrrole nitrogens is 1. The van der Waals surface area contributed by atoms with Crippen LogP contribution >= 0.6 is 22.6 Å². The maximum absolute atomic E-state index is 12.3. The van der Waals surface area contributed by atoms with Crippen molar-refractivity contribution < 1.29 is 13.2 Å². The third-order valence-corrected chi connectivity index (χ3v) is 2.53. The molecule has 1 N–H and O–H groups in total. The van der Waals surface area contributed by atoms with Crippen molar-refractivity contribution in [1.29, 1.82) is 0 Å². The largest absolute Gasteiger partial charge is 0.416 e. The highest BCUT2D eigenvalue weighted by molar-refractivity contribution is 14.1. The normalized spacial score (nSPS) is 12.3. The molecule has 0 unspecified atom stereocenters. The number of nitrogens with zero attached hydrogens (tertiary/aromatic N) is 2. The average Bonchev–Trinajstić information content (AvgIpc) is 2.50. The first-order valence-electron chi connectivity index (χ1n) is 3.56. The number of rotatable bonds is 0. The van der Waals surface area contributed by atoms with E-state index in [9.17, 15) is 13.2 Å². The van der Waals surface area contributed by atoms with Gasteiger partial charge in [0, 0.05) is 3.57 Å². The number of aromatic nitrogens is 3. The van der Waals surface area contributed by atoms with Gasteiger partial charge in [0.1, 0.15) is 11.0 Å². The monoisotopic (exact) mass is 313 g/mol. The van der Waals surface area contributed by atoms with Crippen molar-refractivity contribution in [3.05, 3.63) is 21.3 Å². The summed E-state index contributed by atoms with van der Waals surface area (Å²) in [5.74, 6) is 0. The lowest BCUT2D eigenvalue weighted by atomic mass is 10.2. The average molecular weight is 313 g/mol. The maximum atomic E-state index is 12.3. The van der Waals surface area contributed by atoms with Crippen molar-refractivity contribution in [1.82, 2.24) is 15.4 Å². The Labute approximate surface area is 89.8 Å². The lowest BCUT2D eigenvalue weighted by Gasteiger charge is -2.06. The Bertz CT molecular complexity index is 476. The molecular formula is C7H3F3IN3. The minimum Gasteiger partial charge on any atom is -0.197 e. The van der Waals surface area contributed by atoms with Crippen LogP contribution in [0.25, 0.3) is 11.0 Å². The fourth-order valence-corrected chi connectivity index (χ4v) is 1.81. The summed E-state index contributed by atoms with van der Waals surface area (Å²) in [4.78, 5) is 0. The highest BCUT2D eigenvalue weighted by Crippen LogP contribution is 2.32. The first kappa shape index (κ1) is 9.69. The molecule has 0 amide bonds. The number of benzene rings is 1. The third-order valence-electron chi connectivity index (χ3n) is 1.70. The number of hydrogen-bond acceptors (Lipinski definition) is 2. The van der Waals surface area contributed by atoms with Crippen LogP contribution in [0.5, 0.6) is 0 Å². The van der Waals surface area contributed by atoms with E-state index in [1.165, 1.54) is 0 Å². The Morgan fingerprint density at radius 3 is 2.57 bits per heavy atom. The van der Waals surface area contributed by atoms with Gasteiger partial charge in [-0.1, -0.05) is 0 Å². The summed E-state index contributed by atoms with van der Waals surface area (Å²) >= 11 is 1.80. The second-order valence-electron chi connectivity index (χ2n) is 2.65. The van der Waals surface area contributed by atoms with Gasteiger partial charge in [0.25, 0.3) is 0 Å². The first-order valence-corrected chi connectivity index (χ1v) is 4.63. The quantitative estimate of drug-likeness (QED) is 0.760. The zero-order valence-electron chi connectivity index (χ0n) is 6.56. The summed E-state index contributed by atoms with van der Waals surface area (Å²) in [6, 6.07) is 2.02. The van der Waals surface area contributed by atoms with Crippen LogP contribution in [0.1, 0.15) is 5.56 Å². The van der Waals surface area contributed by atoms with Crippen LogP contribution in [0.15, 0.2) is 12.1 Å². The Hall–Kier alpha value is -0.860. The van der Waals surface area contributed by atoms with E-state index in [1.54, 1.807) is 22.6 Å². The van der Waals surface area contributed by atoms with Gasteiger partial charge in [-0.2, -0.15) is 28.6 Å². The summed E-state index contributed by atoms with van der Waals surface area (Å²) in [5, 5.41) is 9.63. The van der Waals surface area contributed by atoms with Gasteiger partial charge in [0.15, 0.2) is 0 Å². The molecule has 0 bridgehead atoms. The molecule has 3 nitrogen and oxygen atoms in total. The highest BCUT2D eigenvalue weighted by Gasteiger charge is 2.31. The predicted molar refractivity (Wildman–Crippen MR) is 51.6 cm³/mol. The van der Waals surface area contributed by atoms with Crippen molar-refractivity contribution in [2.75, 3.05) is 0 Å². The maximum Gasteiger partial charge on any atom is 0.416 e. The van der Waals surface area contributed by atoms with E-state index in [0.717, 1.165) is 12.1 Å². The van der Waals surface area contributed by atoms with Crippen molar-refractivity contribution in [3.63, 3.8) is 0 Å². The van der Waals surface area contributed by atoms with Crippen LogP contribution in [0, 0.1) is 3.57 Å². The van der Waals surface area contributed by atoms with E-state index in [1.807, 2.05) is 0 Å². The zero-order valence-corrected chi connectivity index (χ0v) is 8.72. The summed E-state index contributed by atoms with van der Waals surface area (Å²) < 4.78 is 37.5. The number of nitrogens with one attached hydrogen (secondary N) is 1. The van der Waals surface area contributed by atoms with Crippen LogP contribution in [0.4, 0.5) is 13.2 Å². The van der Waals surface area contributed by atoms with Crippen LogP contribution in [0.2, 0.25) is 0 Å². The number of halogens is 4. The number of alkyl halides is 3. The van der Waals surface area contributed by atoms with Crippen LogP contribution in [0.3, 0.4) is 0 Å². The molecule has 2 rings (SSSR count). The van der Waals surface area contributed by atoms with Crippen molar-refractivity contribution in [2.24, 2.45) is 0 Å². The van der Waals surface area contributed by atoms with Gasteiger partial charge in [-0.05, 0) is 34.7 Å². The summed E-state index contributed by atoms with van der Waals surface area (Å²) in [6.07, 6.45) is -4.34. The molecule has 0 radical (unpaired) electrons. The minimum atomic E-state index is -4.34. The molecule has 1 aromatic heterocycles. The fraction of sp³-hybridized carbons (Fsp3) is 0.143. The van der Waals surface area contributed by atoms with Crippen molar-refractivity contribution in [2.45, 2.75) is 6.18 Å². The topological polar surface area (TPSA) is 41.6 Å². The van der Waals surface area contributed by atoms with E-state index in [4.69, 9.17) is 0 Å². The molecule has 0 atom stereocenters. The standard InChI is InChI=1S/C7H3F3IN3/c8-7(9,10)3-1-4(11)6-5(2-3)12-14-13-6/h1-2H,(H,12,13,14). The highest BCUT2D eigenvalue weighted by atomic mass is 127. The molecule has 7 heteroatoms. The second kappa shape index (κ2) is 3.07. The molecule has 0 saturated carbocycles. The Morgan fingerprint density at radius 2 is 1.93 bits per heavy atom. The minimum absolute atomic E-state index is 0.226. The van der Waals surface area contributed by atoms with Crippen molar-refractivity contribution in [3.8, 4) is 0 Å². The Balaban J connectivity index is 2.70. The van der Waals surface area contributed by atoms with Crippen LogP contribution in [-0.4, -0.2) is 15.4 Å². The first-order chi connectivity index (χ1) is 6.48. The van der Waals surface area contributed by atoms with E-state index in [0.29, 0.717) is 9.09 Å². The van der Waals surface area contributed by atoms with E-state index in [2.05, 4.69) is 15.4 Å². The van der Waals surface area contributed by atoms with Gasteiger partial charge in [-0.25, -0.2) is 0 Å². The molecule has 2 aromatic rings. The van der Waals surface area contributed by atoms with Crippen molar-refractivity contribution >= 4 is 33.6 Å². The van der Waals surface area contributed by atoms with Crippen LogP contribution in [-0.2, 0) is 6.18 Å². The molecular weight excluding hydrogens is 310 g/mol. The lowest BCUT2D eigenvalue weighted by molar-refractivity contribution is -0.137. The van der Waals surface area contributed by atoms with Gasteiger partial charge in [0.2, 0.25) is 0 Å². The number of fused-ring (bicyclic) bond motifs is 1. The second-order valence-corrected chi connectivity index (χ2v) is 3.81. The molecule has 0 aliphatic heterocycles. The van der Waals surface area contributed by atoms with Gasteiger partial charge in [0.05, 0.1) is 5.56 Å². The van der Waals surface area contributed by atoms with Crippen LogP contribution < -0.4 is 0 Å². The zero-order chi connectivity index (χ0) is 10.3. The van der Waals surface area contributed by atoms with Gasteiger partial charge >= 0.3 is 6.18 Å². The molecule has 74 valence electrons. The Morgan fingerprint density at radius 1 is 1.21 bits per heavy atom. The molecule has 1 heterocycles. The molecule has 0 fully saturated rings. The van der Waals surface area contributed by atoms with E-state index >= 15 is 0 Å². The lowest BCUT2D eigenvalue weighted by Crippen LogP contribution is -2.05. The molecule has 0 aliphatic rings. The number of aromatic amines is 1. The predicted octanol–water partition coefficient (Wildman–Crippen LogP) is 2.58. The number of hydrogen-bond donors (Lipinski definition) is 1.